The highest BCUT2D eigenvalue weighted by Gasteiger charge is 2.16. The second-order valence-corrected chi connectivity index (χ2v) is 5.03. The minimum atomic E-state index is -0.242. The van der Waals surface area contributed by atoms with Crippen molar-refractivity contribution in [2.75, 3.05) is 7.05 Å². The van der Waals surface area contributed by atoms with Crippen molar-refractivity contribution < 1.29 is 14.1 Å². The van der Waals surface area contributed by atoms with Crippen molar-refractivity contribution in [1.29, 1.82) is 0 Å². The van der Waals surface area contributed by atoms with Gasteiger partial charge in [0.1, 0.15) is 29.5 Å². The van der Waals surface area contributed by atoms with Gasteiger partial charge in [0.05, 0.1) is 17.5 Å². The van der Waals surface area contributed by atoms with Gasteiger partial charge in [0.2, 0.25) is 0 Å². The molecule has 0 saturated carbocycles. The zero-order valence-electron chi connectivity index (χ0n) is 13.3. The summed E-state index contributed by atoms with van der Waals surface area (Å²) >= 11 is 0. The van der Waals surface area contributed by atoms with Crippen molar-refractivity contribution in [3.8, 4) is 17.1 Å². The number of amides is 1. The molecule has 0 aliphatic carbocycles. The van der Waals surface area contributed by atoms with E-state index < -0.39 is 0 Å². The number of carbonyl (C=O) groups excluding carboxylic acids is 1. The lowest BCUT2D eigenvalue weighted by atomic mass is 10.1. The smallest absolute Gasteiger partial charge is 0.269 e. The Morgan fingerprint density at radius 2 is 2.12 bits per heavy atom. The van der Waals surface area contributed by atoms with Gasteiger partial charge in [-0.15, -0.1) is 0 Å². The molecule has 0 aliphatic heterocycles. The molecule has 3 aromatic heterocycles. The van der Waals surface area contributed by atoms with Crippen molar-refractivity contribution >= 4 is 5.91 Å². The van der Waals surface area contributed by atoms with E-state index in [1.54, 1.807) is 25.4 Å². The predicted octanol–water partition coefficient (Wildman–Crippen LogP) is 2.38. The van der Waals surface area contributed by atoms with Gasteiger partial charge in [-0.3, -0.25) is 9.78 Å². The number of aromatic nitrogens is 3. The molecule has 0 unspecified atom stereocenters. The lowest BCUT2D eigenvalue weighted by Crippen LogP contribution is -2.18. The van der Waals surface area contributed by atoms with Gasteiger partial charge in [-0.2, -0.15) is 0 Å². The first kappa shape index (κ1) is 15.7. The molecular weight excluding hydrogens is 308 g/mol. The van der Waals surface area contributed by atoms with Crippen LogP contribution in [0, 0.1) is 6.92 Å². The van der Waals surface area contributed by atoms with Crippen LogP contribution in [-0.4, -0.2) is 28.1 Å². The maximum atomic E-state index is 11.5. The Kier molecular flexibility index (Phi) is 4.51. The lowest BCUT2D eigenvalue weighted by molar-refractivity contribution is 0.0958. The molecule has 0 fully saturated rings. The number of nitrogens with one attached hydrogen (secondary N) is 1. The van der Waals surface area contributed by atoms with Crippen LogP contribution >= 0.6 is 0 Å². The maximum Gasteiger partial charge on any atom is 0.269 e. The summed E-state index contributed by atoms with van der Waals surface area (Å²) in [5.41, 5.74) is 2.54. The van der Waals surface area contributed by atoms with Gasteiger partial charge in [-0.1, -0.05) is 11.2 Å². The number of hydrogen-bond acceptors (Lipinski definition) is 6. The number of rotatable bonds is 5. The fourth-order valence-corrected chi connectivity index (χ4v) is 2.15. The molecule has 1 N–H and O–H groups in total. The van der Waals surface area contributed by atoms with Gasteiger partial charge in [-0.05, 0) is 31.2 Å². The molecule has 0 aliphatic rings. The van der Waals surface area contributed by atoms with Gasteiger partial charge < -0.3 is 14.6 Å². The molecule has 7 heteroatoms. The van der Waals surface area contributed by atoms with E-state index >= 15 is 0 Å². The number of ether oxygens (including phenoxy) is 1. The Hall–Kier alpha value is -3.22. The molecule has 0 spiro atoms. The van der Waals surface area contributed by atoms with Crippen LogP contribution in [0.3, 0.4) is 0 Å². The molecule has 7 nitrogen and oxygen atoms in total. The molecule has 3 rings (SSSR count). The van der Waals surface area contributed by atoms with Crippen LogP contribution in [0.4, 0.5) is 0 Å². The second-order valence-electron chi connectivity index (χ2n) is 5.03. The van der Waals surface area contributed by atoms with Gasteiger partial charge in [0.25, 0.3) is 5.91 Å². The fourth-order valence-electron chi connectivity index (χ4n) is 2.15. The SMILES string of the molecule is CNC(=O)c1ccc(OCc2c(-c3ccccn3)noc2C)cn1. The number of nitrogens with zero attached hydrogens (tertiary/aromatic N) is 3. The summed E-state index contributed by atoms with van der Waals surface area (Å²) in [4.78, 5) is 19.8. The van der Waals surface area contributed by atoms with E-state index in [2.05, 4.69) is 20.4 Å². The highest BCUT2D eigenvalue weighted by atomic mass is 16.5. The van der Waals surface area contributed by atoms with Crippen LogP contribution in [0.1, 0.15) is 21.8 Å². The topological polar surface area (TPSA) is 90.1 Å². The summed E-state index contributed by atoms with van der Waals surface area (Å²) in [6, 6.07) is 8.89. The molecule has 1 amide bonds. The van der Waals surface area contributed by atoms with E-state index in [4.69, 9.17) is 9.26 Å². The Bertz CT molecular complexity index is 829. The minimum Gasteiger partial charge on any atom is -0.487 e. The number of pyridine rings is 2. The molecule has 0 atom stereocenters. The quantitative estimate of drug-likeness (QED) is 0.775. The maximum absolute atomic E-state index is 11.5. The van der Waals surface area contributed by atoms with Gasteiger partial charge in [-0.25, -0.2) is 4.98 Å². The molecule has 3 heterocycles. The summed E-state index contributed by atoms with van der Waals surface area (Å²) in [5, 5.41) is 6.58. The molecule has 0 saturated heterocycles. The Labute approximate surface area is 138 Å². The number of carbonyl (C=O) groups is 1. The van der Waals surface area contributed by atoms with Crippen molar-refractivity contribution in [3.63, 3.8) is 0 Å². The van der Waals surface area contributed by atoms with Crippen LogP contribution in [-0.2, 0) is 6.61 Å². The fraction of sp³-hybridized carbons (Fsp3) is 0.176. The van der Waals surface area contributed by atoms with Gasteiger partial charge in [0, 0.05) is 13.2 Å². The zero-order chi connectivity index (χ0) is 16.9. The molecule has 24 heavy (non-hydrogen) atoms. The van der Waals surface area contributed by atoms with E-state index in [1.807, 2.05) is 25.1 Å². The van der Waals surface area contributed by atoms with E-state index in [0.717, 1.165) is 11.3 Å². The van der Waals surface area contributed by atoms with Crippen LogP contribution in [0.15, 0.2) is 47.2 Å². The Balaban J connectivity index is 1.76. The lowest BCUT2D eigenvalue weighted by Gasteiger charge is -2.07. The van der Waals surface area contributed by atoms with E-state index in [-0.39, 0.29) is 12.5 Å². The number of aryl methyl sites for hydroxylation is 1. The first-order valence-electron chi connectivity index (χ1n) is 7.36. The van der Waals surface area contributed by atoms with Crippen molar-refractivity contribution in [2.45, 2.75) is 13.5 Å². The average Bonchev–Trinajstić information content (AvgIpc) is 3.01. The van der Waals surface area contributed by atoms with Crippen molar-refractivity contribution in [1.82, 2.24) is 20.4 Å². The summed E-state index contributed by atoms with van der Waals surface area (Å²) in [7, 11) is 1.56. The third-order valence-electron chi connectivity index (χ3n) is 3.47. The molecule has 0 aromatic carbocycles. The van der Waals surface area contributed by atoms with E-state index in [9.17, 15) is 4.79 Å². The van der Waals surface area contributed by atoms with Crippen molar-refractivity contribution in [2.24, 2.45) is 0 Å². The predicted molar refractivity (Wildman–Crippen MR) is 86.4 cm³/mol. The largest absolute Gasteiger partial charge is 0.487 e. The molecular formula is C17H16N4O3. The van der Waals surface area contributed by atoms with E-state index in [1.165, 1.54) is 6.20 Å². The first-order valence-corrected chi connectivity index (χ1v) is 7.36. The average molecular weight is 324 g/mol. The van der Waals surface area contributed by atoms with Crippen LogP contribution in [0.25, 0.3) is 11.4 Å². The second kappa shape index (κ2) is 6.91. The van der Waals surface area contributed by atoms with E-state index in [0.29, 0.717) is 22.9 Å². The number of hydrogen-bond donors (Lipinski definition) is 1. The van der Waals surface area contributed by atoms with Crippen LogP contribution < -0.4 is 10.1 Å². The summed E-state index contributed by atoms with van der Waals surface area (Å²) in [6.45, 7) is 2.09. The highest BCUT2D eigenvalue weighted by molar-refractivity contribution is 5.91. The minimum absolute atomic E-state index is 0.242. The molecule has 0 radical (unpaired) electrons. The van der Waals surface area contributed by atoms with Crippen molar-refractivity contribution in [3.05, 3.63) is 59.7 Å². The first-order chi connectivity index (χ1) is 11.7. The summed E-state index contributed by atoms with van der Waals surface area (Å²) in [5.74, 6) is 0.981. The van der Waals surface area contributed by atoms with Gasteiger partial charge in [0.15, 0.2) is 0 Å². The third kappa shape index (κ3) is 3.24. The third-order valence-corrected chi connectivity index (χ3v) is 3.47. The molecule has 0 bridgehead atoms. The van der Waals surface area contributed by atoms with Gasteiger partial charge >= 0.3 is 0 Å². The molecule has 3 aromatic rings. The monoisotopic (exact) mass is 324 g/mol. The summed E-state index contributed by atoms with van der Waals surface area (Å²) < 4.78 is 11.0. The molecule has 122 valence electrons. The Morgan fingerprint density at radius 3 is 2.79 bits per heavy atom. The zero-order valence-corrected chi connectivity index (χ0v) is 13.3. The Morgan fingerprint density at radius 1 is 1.25 bits per heavy atom. The summed E-state index contributed by atoms with van der Waals surface area (Å²) in [6.07, 6.45) is 3.21. The highest BCUT2D eigenvalue weighted by Crippen LogP contribution is 2.24. The standard InChI is InChI=1S/C17H16N4O3/c1-11-13(16(21-24-11)14-5-3-4-8-19-14)10-23-12-6-7-15(20-9-12)17(22)18-2/h3-9H,10H2,1-2H3,(H,18,22). The van der Waals surface area contributed by atoms with Crippen LogP contribution in [0.2, 0.25) is 0 Å². The normalized spacial score (nSPS) is 10.4. The van der Waals surface area contributed by atoms with Crippen LogP contribution in [0.5, 0.6) is 5.75 Å².